The summed E-state index contributed by atoms with van der Waals surface area (Å²) in [4.78, 5) is 34.1. The highest BCUT2D eigenvalue weighted by Crippen LogP contribution is 2.20. The molecule has 6 nitrogen and oxygen atoms in total. The molecule has 144 valence electrons. The van der Waals surface area contributed by atoms with Crippen LogP contribution < -0.4 is 5.32 Å². The monoisotopic (exact) mass is 380 g/mol. The van der Waals surface area contributed by atoms with Crippen LogP contribution in [-0.4, -0.2) is 39.8 Å². The lowest BCUT2D eigenvalue weighted by atomic mass is 9.97. The summed E-state index contributed by atoms with van der Waals surface area (Å²) in [5, 5.41) is 2.96. The first-order valence-corrected chi connectivity index (χ1v) is 9.27. The van der Waals surface area contributed by atoms with Gasteiger partial charge in [0.05, 0.1) is 29.4 Å². The lowest BCUT2D eigenvalue weighted by molar-refractivity contribution is -0.142. The molecule has 1 aromatic heterocycles. The Morgan fingerprint density at radius 3 is 2.64 bits per heavy atom. The van der Waals surface area contributed by atoms with Gasteiger partial charge in [0.2, 0.25) is 11.8 Å². The second-order valence-electron chi connectivity index (χ2n) is 7.17. The molecule has 3 aromatic rings. The highest BCUT2D eigenvalue weighted by Gasteiger charge is 2.36. The number of halogens is 1. The Balaban J connectivity index is 1.28. The second-order valence-corrected chi connectivity index (χ2v) is 7.17. The summed E-state index contributed by atoms with van der Waals surface area (Å²) >= 11 is 0. The third-order valence-electron chi connectivity index (χ3n) is 5.05. The number of carbonyl (C=O) groups excluding carboxylic acids is 2. The molecular formula is C21H21FN4O2. The number of imidazole rings is 1. The van der Waals surface area contributed by atoms with Crippen LogP contribution in [-0.2, 0) is 16.0 Å². The molecule has 1 fully saturated rings. The molecular weight excluding hydrogens is 359 g/mol. The summed E-state index contributed by atoms with van der Waals surface area (Å²) in [6.45, 7) is 2.68. The van der Waals surface area contributed by atoms with Crippen molar-refractivity contribution in [3.63, 3.8) is 0 Å². The molecule has 0 aliphatic carbocycles. The van der Waals surface area contributed by atoms with E-state index in [4.69, 9.17) is 0 Å². The van der Waals surface area contributed by atoms with Crippen molar-refractivity contribution >= 4 is 22.8 Å². The fraction of sp³-hybridized carbons (Fsp3) is 0.286. The Labute approximate surface area is 161 Å². The number of para-hydroxylation sites is 2. The minimum Gasteiger partial charge on any atom is -0.346 e. The van der Waals surface area contributed by atoms with Crippen LogP contribution in [0, 0.1) is 11.7 Å². The Hall–Kier alpha value is -3.22. The summed E-state index contributed by atoms with van der Waals surface area (Å²) in [5.74, 6) is 0.0253. The quantitative estimate of drug-likeness (QED) is 0.714. The summed E-state index contributed by atoms with van der Waals surface area (Å²) in [6.07, 6.45) is 0.212. The van der Waals surface area contributed by atoms with Gasteiger partial charge in [-0.3, -0.25) is 9.59 Å². The van der Waals surface area contributed by atoms with E-state index in [9.17, 15) is 14.0 Å². The number of carbonyl (C=O) groups is 2. The molecule has 28 heavy (non-hydrogen) atoms. The summed E-state index contributed by atoms with van der Waals surface area (Å²) < 4.78 is 12.9. The number of H-pyrrole nitrogens is 1. The van der Waals surface area contributed by atoms with Gasteiger partial charge in [-0.15, -0.1) is 0 Å². The zero-order valence-electron chi connectivity index (χ0n) is 15.5. The van der Waals surface area contributed by atoms with Gasteiger partial charge in [0.25, 0.3) is 0 Å². The number of fused-ring (bicyclic) bond motifs is 1. The average Bonchev–Trinajstić information content (AvgIpc) is 3.07. The minimum atomic E-state index is -0.324. The fourth-order valence-corrected chi connectivity index (χ4v) is 3.31. The molecule has 1 aliphatic rings. The van der Waals surface area contributed by atoms with Crippen LogP contribution in [0.1, 0.15) is 24.4 Å². The van der Waals surface area contributed by atoms with E-state index in [0.29, 0.717) is 18.9 Å². The van der Waals surface area contributed by atoms with Gasteiger partial charge in [-0.05, 0) is 36.8 Å². The number of hydrogen-bond donors (Lipinski definition) is 2. The van der Waals surface area contributed by atoms with Gasteiger partial charge < -0.3 is 15.2 Å². The molecule has 0 unspecified atom stereocenters. The van der Waals surface area contributed by atoms with E-state index >= 15 is 0 Å². The average molecular weight is 380 g/mol. The summed E-state index contributed by atoms with van der Waals surface area (Å²) in [5.41, 5.74) is 2.55. The fourth-order valence-electron chi connectivity index (χ4n) is 3.31. The zero-order chi connectivity index (χ0) is 19.7. The first-order valence-electron chi connectivity index (χ1n) is 9.27. The molecule has 1 atom stereocenters. The Kier molecular flexibility index (Phi) is 4.81. The minimum absolute atomic E-state index is 0.0546. The third-order valence-corrected chi connectivity index (χ3v) is 5.05. The molecule has 0 saturated carbocycles. The number of rotatable bonds is 5. The van der Waals surface area contributed by atoms with E-state index in [1.54, 1.807) is 17.0 Å². The second kappa shape index (κ2) is 7.42. The van der Waals surface area contributed by atoms with E-state index in [-0.39, 0.29) is 36.0 Å². The Morgan fingerprint density at radius 2 is 1.93 bits per heavy atom. The van der Waals surface area contributed by atoms with Crippen molar-refractivity contribution in [3.05, 3.63) is 65.7 Å². The predicted molar refractivity (Wildman–Crippen MR) is 103 cm³/mol. The molecule has 2 N–H and O–H groups in total. The van der Waals surface area contributed by atoms with E-state index in [0.717, 1.165) is 16.6 Å². The van der Waals surface area contributed by atoms with E-state index < -0.39 is 0 Å². The van der Waals surface area contributed by atoms with Crippen LogP contribution in [0.3, 0.4) is 0 Å². The number of amides is 2. The maximum atomic E-state index is 12.9. The Bertz CT molecular complexity index is 976. The van der Waals surface area contributed by atoms with E-state index in [1.165, 1.54) is 12.1 Å². The van der Waals surface area contributed by atoms with Crippen LogP contribution >= 0.6 is 0 Å². The van der Waals surface area contributed by atoms with Crippen LogP contribution in [0.2, 0.25) is 0 Å². The van der Waals surface area contributed by atoms with Crippen molar-refractivity contribution in [2.75, 3.05) is 13.1 Å². The number of nitrogens with one attached hydrogen (secondary N) is 2. The molecule has 2 heterocycles. The SMILES string of the molecule is C[C@@H](NC(=O)C1CN(C(=O)Cc2ccc(F)cc2)C1)c1nc2ccccc2[nH]1. The molecule has 0 radical (unpaired) electrons. The van der Waals surface area contributed by atoms with Gasteiger partial charge in [0.15, 0.2) is 0 Å². The van der Waals surface area contributed by atoms with Crippen molar-refractivity contribution in [2.24, 2.45) is 5.92 Å². The van der Waals surface area contributed by atoms with Crippen LogP contribution in [0.25, 0.3) is 11.0 Å². The van der Waals surface area contributed by atoms with Gasteiger partial charge in [-0.1, -0.05) is 24.3 Å². The van der Waals surface area contributed by atoms with Crippen molar-refractivity contribution in [3.8, 4) is 0 Å². The third kappa shape index (κ3) is 3.74. The van der Waals surface area contributed by atoms with E-state index in [2.05, 4.69) is 15.3 Å². The number of aromatic amines is 1. The van der Waals surface area contributed by atoms with Crippen LogP contribution in [0.5, 0.6) is 0 Å². The maximum Gasteiger partial charge on any atom is 0.227 e. The highest BCUT2D eigenvalue weighted by atomic mass is 19.1. The lowest BCUT2D eigenvalue weighted by Gasteiger charge is -2.38. The van der Waals surface area contributed by atoms with Gasteiger partial charge in [-0.25, -0.2) is 9.37 Å². The lowest BCUT2D eigenvalue weighted by Crippen LogP contribution is -2.56. The molecule has 7 heteroatoms. The van der Waals surface area contributed by atoms with Crippen LogP contribution in [0.4, 0.5) is 4.39 Å². The summed E-state index contributed by atoms with van der Waals surface area (Å²) in [7, 11) is 0. The molecule has 0 bridgehead atoms. The standard InChI is InChI=1S/C21H21FN4O2/c1-13(20-24-17-4-2-3-5-18(17)25-20)23-21(28)15-11-26(12-15)19(27)10-14-6-8-16(22)9-7-14/h2-9,13,15H,10-12H2,1H3,(H,23,28)(H,24,25)/t13-/m1/s1. The van der Waals surface area contributed by atoms with Crippen molar-refractivity contribution in [1.29, 1.82) is 0 Å². The normalized spacial score (nSPS) is 15.3. The predicted octanol–water partition coefficient (Wildman–Crippen LogP) is 2.58. The molecule has 2 aromatic carbocycles. The Morgan fingerprint density at radius 1 is 1.21 bits per heavy atom. The first-order chi connectivity index (χ1) is 13.5. The number of likely N-dealkylation sites (tertiary alicyclic amines) is 1. The molecule has 1 aliphatic heterocycles. The van der Waals surface area contributed by atoms with Crippen LogP contribution in [0.15, 0.2) is 48.5 Å². The van der Waals surface area contributed by atoms with Crippen molar-refractivity contribution in [1.82, 2.24) is 20.2 Å². The largest absolute Gasteiger partial charge is 0.346 e. The highest BCUT2D eigenvalue weighted by molar-refractivity contribution is 5.85. The van der Waals surface area contributed by atoms with Gasteiger partial charge in [0.1, 0.15) is 11.6 Å². The van der Waals surface area contributed by atoms with Gasteiger partial charge >= 0.3 is 0 Å². The summed E-state index contributed by atoms with van der Waals surface area (Å²) in [6, 6.07) is 13.4. The molecule has 0 spiro atoms. The maximum absolute atomic E-state index is 12.9. The molecule has 1 saturated heterocycles. The van der Waals surface area contributed by atoms with Gasteiger partial charge in [0, 0.05) is 13.1 Å². The van der Waals surface area contributed by atoms with E-state index in [1.807, 2.05) is 31.2 Å². The molecule has 2 amide bonds. The first kappa shape index (κ1) is 18.2. The topological polar surface area (TPSA) is 78.1 Å². The van der Waals surface area contributed by atoms with Crippen molar-refractivity contribution < 1.29 is 14.0 Å². The van der Waals surface area contributed by atoms with Crippen molar-refractivity contribution in [2.45, 2.75) is 19.4 Å². The number of benzene rings is 2. The smallest absolute Gasteiger partial charge is 0.227 e. The molecule has 4 rings (SSSR count). The zero-order valence-corrected chi connectivity index (χ0v) is 15.5. The number of nitrogens with zero attached hydrogens (tertiary/aromatic N) is 2. The number of aromatic nitrogens is 2. The number of hydrogen-bond acceptors (Lipinski definition) is 3. The van der Waals surface area contributed by atoms with Gasteiger partial charge in [-0.2, -0.15) is 0 Å².